The molecule has 1 aromatic rings. The van der Waals surface area contributed by atoms with Crippen LogP contribution in [-0.4, -0.2) is 18.8 Å². The zero-order valence-electron chi connectivity index (χ0n) is 8.64. The third-order valence-electron chi connectivity index (χ3n) is 1.86. The van der Waals surface area contributed by atoms with Gasteiger partial charge in [-0.15, -0.1) is 18.3 Å². The summed E-state index contributed by atoms with van der Waals surface area (Å²) >= 11 is 1.61. The molecule has 0 bridgehead atoms. The van der Waals surface area contributed by atoms with Gasteiger partial charge in [0.1, 0.15) is 5.76 Å². The zero-order chi connectivity index (χ0) is 11.1. The predicted molar refractivity (Wildman–Crippen MR) is 60.7 cm³/mol. The van der Waals surface area contributed by atoms with E-state index in [2.05, 4.69) is 11.3 Å². The van der Waals surface area contributed by atoms with Crippen LogP contribution in [0, 0.1) is 0 Å². The summed E-state index contributed by atoms with van der Waals surface area (Å²) in [6.45, 7) is 3.65. The first kappa shape index (κ1) is 11.9. The molecule has 0 aliphatic carbocycles. The summed E-state index contributed by atoms with van der Waals surface area (Å²) in [4.78, 5) is 11.2. The molecule has 0 aliphatic heterocycles. The van der Waals surface area contributed by atoms with E-state index in [9.17, 15) is 4.79 Å². The molecule has 1 atom stereocenters. The topological polar surface area (TPSA) is 39.4 Å². The van der Waals surface area contributed by atoms with Gasteiger partial charge in [0.2, 0.25) is 0 Å². The first-order valence-corrected chi connectivity index (χ1v) is 5.65. The molecule has 0 N–H and O–H groups in total. The van der Waals surface area contributed by atoms with Gasteiger partial charge in [0.15, 0.2) is 0 Å². The molecule has 0 saturated carbocycles. The van der Waals surface area contributed by atoms with Crippen LogP contribution in [0.4, 0.5) is 0 Å². The van der Waals surface area contributed by atoms with Gasteiger partial charge in [-0.3, -0.25) is 4.79 Å². The predicted octanol–water partition coefficient (Wildman–Crippen LogP) is 2.80. The largest absolute Gasteiger partial charge is 0.469 e. The second-order valence-electron chi connectivity index (χ2n) is 2.91. The number of furan rings is 1. The van der Waals surface area contributed by atoms with Crippen molar-refractivity contribution in [1.82, 2.24) is 0 Å². The highest BCUT2D eigenvalue weighted by Crippen LogP contribution is 2.32. The molecule has 0 amide bonds. The van der Waals surface area contributed by atoms with Crippen molar-refractivity contribution in [3.8, 4) is 0 Å². The molecule has 1 unspecified atom stereocenters. The van der Waals surface area contributed by atoms with E-state index < -0.39 is 0 Å². The van der Waals surface area contributed by atoms with Crippen LogP contribution in [-0.2, 0) is 9.53 Å². The number of thioether (sulfide) groups is 1. The lowest BCUT2D eigenvalue weighted by Crippen LogP contribution is -2.06. The van der Waals surface area contributed by atoms with Crippen molar-refractivity contribution in [3.63, 3.8) is 0 Å². The number of esters is 1. The fourth-order valence-corrected chi connectivity index (χ4v) is 2.06. The molecule has 0 radical (unpaired) electrons. The van der Waals surface area contributed by atoms with E-state index in [0.29, 0.717) is 6.42 Å². The molecule has 0 fully saturated rings. The Kier molecular flexibility index (Phi) is 5.04. The maximum absolute atomic E-state index is 11.2. The molecule has 15 heavy (non-hydrogen) atoms. The summed E-state index contributed by atoms with van der Waals surface area (Å²) in [5, 5.41) is 0.00505. The Bertz CT molecular complexity index is 306. The third-order valence-corrected chi connectivity index (χ3v) is 3.09. The van der Waals surface area contributed by atoms with Gasteiger partial charge < -0.3 is 9.15 Å². The van der Waals surface area contributed by atoms with Crippen molar-refractivity contribution in [2.75, 3.05) is 12.9 Å². The Morgan fingerprint density at radius 3 is 3.13 bits per heavy atom. The lowest BCUT2D eigenvalue weighted by atomic mass is 10.2. The highest BCUT2D eigenvalue weighted by atomic mass is 32.2. The van der Waals surface area contributed by atoms with Crippen molar-refractivity contribution in [3.05, 3.63) is 36.8 Å². The highest BCUT2D eigenvalue weighted by molar-refractivity contribution is 7.99. The van der Waals surface area contributed by atoms with Crippen LogP contribution >= 0.6 is 11.8 Å². The zero-order valence-corrected chi connectivity index (χ0v) is 9.46. The number of rotatable bonds is 6. The van der Waals surface area contributed by atoms with Gasteiger partial charge in [-0.05, 0) is 12.1 Å². The number of hydrogen-bond acceptors (Lipinski definition) is 4. The lowest BCUT2D eigenvalue weighted by Gasteiger charge is -2.11. The van der Waals surface area contributed by atoms with Gasteiger partial charge in [0, 0.05) is 5.75 Å². The molecule has 0 aliphatic rings. The van der Waals surface area contributed by atoms with E-state index in [1.54, 1.807) is 24.1 Å². The first-order valence-electron chi connectivity index (χ1n) is 4.60. The van der Waals surface area contributed by atoms with Crippen LogP contribution in [0.3, 0.4) is 0 Å². The SMILES string of the molecule is C=CCSC(CC(=O)OC)c1ccco1. The van der Waals surface area contributed by atoms with Crippen molar-refractivity contribution in [1.29, 1.82) is 0 Å². The fraction of sp³-hybridized carbons (Fsp3) is 0.364. The average Bonchev–Trinajstić information content (AvgIpc) is 2.77. The minimum atomic E-state index is -0.229. The average molecular weight is 226 g/mol. The van der Waals surface area contributed by atoms with E-state index in [1.807, 2.05) is 12.1 Å². The number of methoxy groups -OCH3 is 1. The molecule has 3 nitrogen and oxygen atoms in total. The van der Waals surface area contributed by atoms with Crippen molar-refractivity contribution < 1.29 is 13.9 Å². The quantitative estimate of drug-likeness (QED) is 0.552. The van der Waals surface area contributed by atoms with E-state index in [0.717, 1.165) is 11.5 Å². The van der Waals surface area contributed by atoms with Crippen LogP contribution in [0.15, 0.2) is 35.5 Å². The Morgan fingerprint density at radius 2 is 2.60 bits per heavy atom. The van der Waals surface area contributed by atoms with E-state index in [4.69, 9.17) is 4.42 Å². The summed E-state index contributed by atoms with van der Waals surface area (Å²) in [7, 11) is 1.39. The number of ether oxygens (including phenoxy) is 1. The van der Waals surface area contributed by atoms with Crippen LogP contribution < -0.4 is 0 Å². The molecule has 0 aromatic carbocycles. The van der Waals surface area contributed by atoms with Gasteiger partial charge in [-0.2, -0.15) is 0 Å². The summed E-state index contributed by atoms with van der Waals surface area (Å²) in [5.74, 6) is 1.35. The van der Waals surface area contributed by atoms with Gasteiger partial charge in [-0.25, -0.2) is 0 Å². The number of hydrogen-bond donors (Lipinski definition) is 0. The molecule has 82 valence electrons. The highest BCUT2D eigenvalue weighted by Gasteiger charge is 2.18. The lowest BCUT2D eigenvalue weighted by molar-refractivity contribution is -0.140. The Hall–Kier alpha value is -1.16. The van der Waals surface area contributed by atoms with Crippen molar-refractivity contribution in [2.24, 2.45) is 0 Å². The van der Waals surface area contributed by atoms with Crippen LogP contribution in [0.25, 0.3) is 0 Å². The molecule has 1 aromatic heterocycles. The molecule has 4 heteroatoms. The van der Waals surface area contributed by atoms with Gasteiger partial charge in [-0.1, -0.05) is 6.08 Å². The maximum Gasteiger partial charge on any atom is 0.307 e. The minimum absolute atomic E-state index is 0.00505. The number of carbonyl (C=O) groups excluding carboxylic acids is 1. The third kappa shape index (κ3) is 3.83. The van der Waals surface area contributed by atoms with Crippen LogP contribution in [0.1, 0.15) is 17.4 Å². The number of carbonyl (C=O) groups is 1. The molecule has 0 spiro atoms. The second-order valence-corrected chi connectivity index (χ2v) is 4.14. The normalized spacial score (nSPS) is 12.1. The summed E-state index contributed by atoms with van der Waals surface area (Å²) < 4.78 is 9.91. The van der Waals surface area contributed by atoms with Gasteiger partial charge in [0.05, 0.1) is 25.0 Å². The maximum atomic E-state index is 11.2. The molecular weight excluding hydrogens is 212 g/mol. The monoisotopic (exact) mass is 226 g/mol. The van der Waals surface area contributed by atoms with Crippen molar-refractivity contribution in [2.45, 2.75) is 11.7 Å². The molecular formula is C11H14O3S. The van der Waals surface area contributed by atoms with Crippen LogP contribution in [0.5, 0.6) is 0 Å². The standard InChI is InChI=1S/C11H14O3S/c1-3-7-15-10(8-11(12)13-2)9-5-4-6-14-9/h3-6,10H,1,7-8H2,2H3. The summed E-state index contributed by atoms with van der Waals surface area (Å²) in [6.07, 6.45) is 3.73. The van der Waals surface area contributed by atoms with Gasteiger partial charge >= 0.3 is 5.97 Å². The second kappa shape index (κ2) is 6.35. The molecule has 1 rings (SSSR count). The van der Waals surface area contributed by atoms with E-state index in [-0.39, 0.29) is 11.2 Å². The van der Waals surface area contributed by atoms with Gasteiger partial charge in [0.25, 0.3) is 0 Å². The minimum Gasteiger partial charge on any atom is -0.469 e. The Balaban J connectivity index is 2.61. The smallest absolute Gasteiger partial charge is 0.307 e. The molecule has 0 saturated heterocycles. The van der Waals surface area contributed by atoms with E-state index in [1.165, 1.54) is 7.11 Å². The van der Waals surface area contributed by atoms with Crippen LogP contribution in [0.2, 0.25) is 0 Å². The Labute approximate surface area is 93.5 Å². The summed E-state index contributed by atoms with van der Waals surface area (Å²) in [6, 6.07) is 3.68. The molecule has 1 heterocycles. The Morgan fingerprint density at radius 1 is 1.80 bits per heavy atom. The van der Waals surface area contributed by atoms with Crippen molar-refractivity contribution >= 4 is 17.7 Å². The van der Waals surface area contributed by atoms with E-state index >= 15 is 0 Å². The summed E-state index contributed by atoms with van der Waals surface area (Å²) in [5.41, 5.74) is 0. The first-order chi connectivity index (χ1) is 7.27. The fourth-order valence-electron chi connectivity index (χ4n) is 1.14.